The van der Waals surface area contributed by atoms with E-state index >= 15 is 0 Å². The van der Waals surface area contributed by atoms with Gasteiger partial charge in [0.1, 0.15) is 0 Å². The van der Waals surface area contributed by atoms with Crippen molar-refractivity contribution in [3.05, 3.63) is 0 Å². The minimum absolute atomic E-state index is 3.73. The van der Waals surface area contributed by atoms with Crippen molar-refractivity contribution >= 4 is 64.0 Å². The standard InChI is InChI=1S/C10HCl5F14O2/c11-3(18,2(16,17)1(30)31)7(22,23)4(12,19)8(24,25)5(13,20)9(26,27)6(14,21)10(15,28)29/h(H,30,31)/t3-,4-,5-,6+/m1/s1. The van der Waals surface area contributed by atoms with Crippen LogP contribution in [-0.4, -0.2) is 60.7 Å². The van der Waals surface area contributed by atoms with Crippen LogP contribution in [0.4, 0.5) is 61.5 Å². The Hall–Kier alpha value is -0.0600. The number of aliphatic carboxylic acids is 1. The van der Waals surface area contributed by atoms with Gasteiger partial charge in [-0.15, -0.1) is 0 Å². The molecule has 2 nitrogen and oxygen atoms in total. The average Bonchev–Trinajstić information content (AvgIpc) is 2.52. The third-order valence-corrected chi connectivity index (χ3v) is 5.64. The molecule has 0 aliphatic rings. The van der Waals surface area contributed by atoms with E-state index in [1.807, 2.05) is 0 Å². The molecule has 0 spiro atoms. The fourth-order valence-electron chi connectivity index (χ4n) is 1.50. The predicted molar refractivity (Wildman–Crippen MR) is 77.0 cm³/mol. The Morgan fingerprint density at radius 3 is 0.935 bits per heavy atom. The maximum absolute atomic E-state index is 14.0. The lowest BCUT2D eigenvalue weighted by molar-refractivity contribution is -0.327. The van der Waals surface area contributed by atoms with E-state index in [-0.39, 0.29) is 0 Å². The molecule has 0 aromatic heterocycles. The molecule has 0 fully saturated rings. The van der Waals surface area contributed by atoms with E-state index in [1.54, 1.807) is 0 Å². The Kier molecular flexibility index (Phi) is 7.72. The molecule has 4 atom stereocenters. The molecule has 0 bridgehead atoms. The zero-order chi connectivity index (χ0) is 26.1. The number of rotatable bonds is 9. The summed E-state index contributed by atoms with van der Waals surface area (Å²) in [4.78, 5) is 10.1. The summed E-state index contributed by atoms with van der Waals surface area (Å²) in [6, 6.07) is 0. The van der Waals surface area contributed by atoms with Crippen LogP contribution in [0.2, 0.25) is 0 Å². The molecule has 1 N–H and O–H groups in total. The lowest BCUT2D eigenvalue weighted by atomic mass is 9.91. The highest BCUT2D eigenvalue weighted by Crippen LogP contribution is 2.67. The van der Waals surface area contributed by atoms with Gasteiger partial charge in [0, 0.05) is 0 Å². The second-order valence-corrected chi connectivity index (χ2v) is 7.96. The van der Waals surface area contributed by atoms with Crippen LogP contribution >= 0.6 is 58.0 Å². The van der Waals surface area contributed by atoms with Crippen LogP contribution in [0, 0.1) is 0 Å². The molecule has 0 aromatic carbocycles. The minimum Gasteiger partial charge on any atom is -0.477 e. The average molecular weight is 596 g/mol. The van der Waals surface area contributed by atoms with Crippen LogP contribution in [0.1, 0.15) is 0 Å². The smallest absolute Gasteiger partial charge is 0.395 e. The topological polar surface area (TPSA) is 37.3 Å². The summed E-state index contributed by atoms with van der Waals surface area (Å²) in [6.45, 7) is 0. The first-order valence-corrected chi connectivity index (χ1v) is 8.16. The maximum Gasteiger partial charge on any atom is 0.395 e. The summed E-state index contributed by atoms with van der Waals surface area (Å²) in [5.41, 5.74) is 0. The second-order valence-electron chi connectivity index (χ2n) is 5.40. The van der Waals surface area contributed by atoms with Gasteiger partial charge >= 0.3 is 55.6 Å². The van der Waals surface area contributed by atoms with Crippen molar-refractivity contribution in [2.75, 3.05) is 0 Å². The molecule has 0 unspecified atom stereocenters. The number of hydrogen-bond acceptors (Lipinski definition) is 1. The molecule has 0 aliphatic heterocycles. The van der Waals surface area contributed by atoms with Crippen molar-refractivity contribution < 1.29 is 71.4 Å². The normalized spacial score (nSPS) is 22.7. The van der Waals surface area contributed by atoms with Gasteiger partial charge in [-0.25, -0.2) is 22.4 Å². The SMILES string of the molecule is O=C(O)C(F)(F)[C@](F)(Cl)C(F)(F)[C@](F)(Cl)C(F)(F)[C@](F)(Cl)C(F)(F)[C@@](F)(Cl)C(F)(F)Cl. The minimum atomic E-state index is -7.77. The van der Waals surface area contributed by atoms with Crippen molar-refractivity contribution in [2.45, 2.75) is 49.6 Å². The molecule has 186 valence electrons. The quantitative estimate of drug-likeness (QED) is 0.229. The Balaban J connectivity index is 6.95. The highest BCUT2D eigenvalue weighted by Gasteiger charge is 2.93. The van der Waals surface area contributed by atoms with Gasteiger partial charge in [-0.3, -0.25) is 0 Å². The number of carboxylic acids is 1. The van der Waals surface area contributed by atoms with Crippen molar-refractivity contribution in [1.29, 1.82) is 0 Å². The van der Waals surface area contributed by atoms with Crippen LogP contribution in [-0.2, 0) is 4.79 Å². The highest BCUT2D eigenvalue weighted by molar-refractivity contribution is 6.35. The Labute approximate surface area is 185 Å². The summed E-state index contributed by atoms with van der Waals surface area (Å²) in [6.07, 6.45) is 0. The molecule has 21 heteroatoms. The Morgan fingerprint density at radius 1 is 0.484 bits per heavy atom. The van der Waals surface area contributed by atoms with E-state index in [4.69, 9.17) is 5.11 Å². The van der Waals surface area contributed by atoms with Gasteiger partial charge in [0.05, 0.1) is 0 Å². The van der Waals surface area contributed by atoms with Crippen molar-refractivity contribution in [2.24, 2.45) is 0 Å². The highest BCUT2D eigenvalue weighted by atomic mass is 35.5. The van der Waals surface area contributed by atoms with Gasteiger partial charge in [-0.1, -0.05) is 46.4 Å². The largest absolute Gasteiger partial charge is 0.477 e. The van der Waals surface area contributed by atoms with E-state index in [9.17, 15) is 66.3 Å². The van der Waals surface area contributed by atoms with Crippen molar-refractivity contribution in [3.63, 3.8) is 0 Å². The first kappa shape index (κ1) is 30.9. The van der Waals surface area contributed by atoms with Crippen molar-refractivity contribution in [3.8, 4) is 0 Å². The first-order valence-electron chi connectivity index (χ1n) is 6.27. The number of carbonyl (C=O) groups is 1. The van der Waals surface area contributed by atoms with E-state index in [0.717, 1.165) is 0 Å². The molecule has 0 saturated heterocycles. The number of alkyl halides is 19. The zero-order valence-electron chi connectivity index (χ0n) is 13.0. The molecule has 0 aromatic rings. The molecule has 0 heterocycles. The molecular weight excluding hydrogens is 595 g/mol. The lowest BCUT2D eigenvalue weighted by Crippen LogP contribution is -2.75. The zero-order valence-corrected chi connectivity index (χ0v) is 16.8. The van der Waals surface area contributed by atoms with Gasteiger partial charge in [0.25, 0.3) is 0 Å². The predicted octanol–water partition coefficient (Wildman–Crippen LogP) is 7.06. The summed E-state index contributed by atoms with van der Waals surface area (Å²) in [5.74, 6) is -33.6. The molecule has 0 saturated carbocycles. The van der Waals surface area contributed by atoms with Gasteiger partial charge in [-0.05, 0) is 11.6 Å². The van der Waals surface area contributed by atoms with Gasteiger partial charge in [-0.2, -0.15) is 43.9 Å². The molecule has 0 rings (SSSR count). The molecule has 0 amide bonds. The summed E-state index contributed by atoms with van der Waals surface area (Å²) >= 11 is 19.0. The van der Waals surface area contributed by atoms with Crippen LogP contribution in [0.25, 0.3) is 0 Å². The first-order chi connectivity index (χ1) is 12.9. The Bertz CT molecular complexity index is 717. The summed E-state index contributed by atoms with van der Waals surface area (Å²) in [5, 5.41) is -26.4. The number of halogens is 19. The van der Waals surface area contributed by atoms with E-state index in [1.165, 1.54) is 0 Å². The maximum atomic E-state index is 14.0. The fourth-order valence-corrected chi connectivity index (χ4v) is 2.62. The third kappa shape index (κ3) is 3.85. The van der Waals surface area contributed by atoms with E-state index in [0.29, 0.717) is 0 Å². The van der Waals surface area contributed by atoms with Crippen LogP contribution in [0.15, 0.2) is 0 Å². The third-order valence-electron chi connectivity index (χ3n) is 3.38. The van der Waals surface area contributed by atoms with E-state index in [2.05, 4.69) is 58.0 Å². The fraction of sp³-hybridized carbons (Fsp3) is 0.900. The number of carboxylic acid groups (broad SMARTS) is 1. The second kappa shape index (κ2) is 7.73. The van der Waals surface area contributed by atoms with Crippen LogP contribution in [0.3, 0.4) is 0 Å². The summed E-state index contributed by atoms with van der Waals surface area (Å²) < 4.78 is 189. The van der Waals surface area contributed by atoms with Crippen LogP contribution < -0.4 is 0 Å². The van der Waals surface area contributed by atoms with Gasteiger partial charge < -0.3 is 5.11 Å². The molecule has 0 radical (unpaired) electrons. The lowest BCUT2D eigenvalue weighted by Gasteiger charge is -2.46. The van der Waals surface area contributed by atoms with Crippen molar-refractivity contribution in [1.82, 2.24) is 0 Å². The van der Waals surface area contributed by atoms with Gasteiger partial charge in [0.2, 0.25) is 0 Å². The summed E-state index contributed by atoms with van der Waals surface area (Å²) in [7, 11) is 0. The van der Waals surface area contributed by atoms with E-state index < -0.39 is 55.6 Å². The van der Waals surface area contributed by atoms with Crippen LogP contribution in [0.5, 0.6) is 0 Å². The molecule has 31 heavy (non-hydrogen) atoms. The Morgan fingerprint density at radius 2 is 0.710 bits per heavy atom. The monoisotopic (exact) mass is 594 g/mol. The molecule has 0 aliphatic carbocycles. The number of hydrogen-bond donors (Lipinski definition) is 1. The molecular formula is C10HCl5F14O2. The van der Waals surface area contributed by atoms with Gasteiger partial charge in [0.15, 0.2) is 0 Å².